The molecule has 4 atom stereocenters. The minimum atomic E-state index is -4.14. The molecule has 0 saturated carbocycles. The first kappa shape index (κ1) is 47.3. The van der Waals surface area contributed by atoms with Crippen LogP contribution in [0.3, 0.4) is 0 Å². The molecular weight excluding hydrogens is 827 g/mol. The first-order valence-corrected chi connectivity index (χ1v) is 22.5. The summed E-state index contributed by atoms with van der Waals surface area (Å²) in [5, 5.41) is 13.0. The predicted molar refractivity (Wildman–Crippen MR) is 239 cm³/mol. The summed E-state index contributed by atoms with van der Waals surface area (Å²) in [7, 11) is -0.864. The first-order valence-electron chi connectivity index (χ1n) is 21.1. The number of aliphatic hydroxyl groups is 1. The van der Waals surface area contributed by atoms with Crippen molar-refractivity contribution in [2.24, 2.45) is 0 Å². The van der Waals surface area contributed by atoms with Crippen LogP contribution in [0.1, 0.15) is 55.4 Å². The van der Waals surface area contributed by atoms with Gasteiger partial charge in [-0.3, -0.25) is 4.18 Å². The van der Waals surface area contributed by atoms with Crippen molar-refractivity contribution in [1.82, 2.24) is 4.90 Å². The first-order chi connectivity index (χ1) is 30.2. The molecule has 0 unspecified atom stereocenters. The van der Waals surface area contributed by atoms with E-state index in [0.29, 0.717) is 37.7 Å². The van der Waals surface area contributed by atoms with Gasteiger partial charge in [-0.25, -0.2) is 4.79 Å². The molecule has 0 aromatic heterocycles. The molecule has 1 amide bonds. The summed E-state index contributed by atoms with van der Waals surface area (Å²) < 4.78 is 73.1. The number of carbonyl (C=O) groups excluding carboxylic acids is 1. The number of rotatable bonds is 20. The third-order valence-electron chi connectivity index (χ3n) is 10.5. The summed E-state index contributed by atoms with van der Waals surface area (Å²) in [6, 6.07) is 33.6. The Morgan fingerprint density at radius 1 is 0.794 bits per heavy atom. The van der Waals surface area contributed by atoms with Gasteiger partial charge in [0.25, 0.3) is 10.1 Å². The fraction of sp³-hybridized carbons (Fsp3) is 0.408. The number of likely N-dealkylation sites (tertiary alicyclic amines) is 1. The van der Waals surface area contributed by atoms with Crippen LogP contribution in [0.15, 0.2) is 114 Å². The van der Waals surface area contributed by atoms with E-state index in [-0.39, 0.29) is 31.2 Å². The Bertz CT molecular complexity index is 2350. The molecule has 13 nitrogen and oxygen atoms in total. The Morgan fingerprint density at radius 3 is 2.19 bits per heavy atom. The van der Waals surface area contributed by atoms with Gasteiger partial charge in [0, 0.05) is 23.3 Å². The Hall–Kier alpha value is -5.22. The summed E-state index contributed by atoms with van der Waals surface area (Å²) in [5.74, 6) is 1.71. The van der Waals surface area contributed by atoms with Crippen molar-refractivity contribution in [3.8, 4) is 17.2 Å². The second-order valence-electron chi connectivity index (χ2n) is 16.5. The van der Waals surface area contributed by atoms with Gasteiger partial charge in [0.1, 0.15) is 29.0 Å². The zero-order valence-corrected chi connectivity index (χ0v) is 37.7. The fourth-order valence-corrected chi connectivity index (χ4v) is 8.29. The number of fused-ring (bicyclic) bond motifs is 1. The third kappa shape index (κ3) is 13.4. The average Bonchev–Trinajstić information content (AvgIpc) is 3.27. The molecule has 6 rings (SSSR count). The van der Waals surface area contributed by atoms with Crippen molar-refractivity contribution in [3.63, 3.8) is 0 Å². The highest BCUT2D eigenvalue weighted by Gasteiger charge is 2.42. The number of benzene rings is 5. The Labute approximate surface area is 370 Å². The SMILES string of the molecule is COc1ccccc1COCCCOc1ccc([C@@H]2[C@@H](OCc3cc(OC)c4ccccc4c3)CN(C(=O)OC(C)(C)C)C[C@H]2OC[C@H](O)COS(=O)(=O)c2ccc(C)cc2)cc1. The lowest BCUT2D eigenvalue weighted by Gasteiger charge is -2.44. The maximum absolute atomic E-state index is 13.7. The number of hydrogen-bond acceptors (Lipinski definition) is 12. The van der Waals surface area contributed by atoms with Crippen LogP contribution in [0.5, 0.6) is 17.2 Å². The van der Waals surface area contributed by atoms with E-state index in [1.54, 1.807) is 52.0 Å². The highest BCUT2D eigenvalue weighted by Crippen LogP contribution is 2.36. The minimum absolute atomic E-state index is 0.0181. The van der Waals surface area contributed by atoms with E-state index in [0.717, 1.165) is 38.8 Å². The molecular formula is C49H59NO12S. The molecule has 1 heterocycles. The molecule has 5 aromatic carbocycles. The van der Waals surface area contributed by atoms with E-state index >= 15 is 0 Å². The second kappa shape index (κ2) is 21.9. The van der Waals surface area contributed by atoms with Crippen LogP contribution in [0.4, 0.5) is 4.79 Å². The molecule has 14 heteroatoms. The molecule has 63 heavy (non-hydrogen) atoms. The number of nitrogens with zero attached hydrogens (tertiary/aromatic N) is 1. The number of piperidine rings is 1. The molecule has 1 saturated heterocycles. The maximum atomic E-state index is 13.7. The van der Waals surface area contributed by atoms with Gasteiger partial charge >= 0.3 is 6.09 Å². The van der Waals surface area contributed by atoms with Crippen molar-refractivity contribution < 1.29 is 55.7 Å². The van der Waals surface area contributed by atoms with E-state index in [4.69, 9.17) is 37.3 Å². The zero-order valence-electron chi connectivity index (χ0n) is 36.9. The highest BCUT2D eigenvalue weighted by molar-refractivity contribution is 7.86. The van der Waals surface area contributed by atoms with Crippen LogP contribution in [0.2, 0.25) is 0 Å². The lowest BCUT2D eigenvalue weighted by Crippen LogP contribution is -2.55. The lowest BCUT2D eigenvalue weighted by molar-refractivity contribution is -0.110. The number of ether oxygens (including phenoxy) is 7. The third-order valence-corrected chi connectivity index (χ3v) is 11.8. The molecule has 0 aliphatic carbocycles. The van der Waals surface area contributed by atoms with Crippen LogP contribution in [-0.4, -0.2) is 102 Å². The Balaban J connectivity index is 1.20. The van der Waals surface area contributed by atoms with E-state index in [9.17, 15) is 18.3 Å². The molecule has 5 aromatic rings. The van der Waals surface area contributed by atoms with E-state index in [2.05, 4.69) is 0 Å². The van der Waals surface area contributed by atoms with E-state index in [1.807, 2.05) is 91.9 Å². The van der Waals surface area contributed by atoms with Gasteiger partial charge in [-0.1, -0.05) is 72.3 Å². The topological polar surface area (TPSA) is 149 Å². The van der Waals surface area contributed by atoms with Crippen LogP contribution >= 0.6 is 0 Å². The zero-order chi connectivity index (χ0) is 45.0. The minimum Gasteiger partial charge on any atom is -0.496 e. The normalized spacial score (nSPS) is 17.3. The number of methoxy groups -OCH3 is 2. The molecule has 1 fully saturated rings. The van der Waals surface area contributed by atoms with Crippen LogP contribution < -0.4 is 14.2 Å². The van der Waals surface area contributed by atoms with Gasteiger partial charge < -0.3 is 43.2 Å². The van der Waals surface area contributed by atoms with Crippen molar-refractivity contribution in [3.05, 3.63) is 131 Å². The lowest BCUT2D eigenvalue weighted by atomic mass is 9.84. The number of amides is 1. The second-order valence-corrected chi connectivity index (χ2v) is 18.1. The van der Waals surface area contributed by atoms with Gasteiger partial charge in [0.05, 0.1) is 84.1 Å². The van der Waals surface area contributed by atoms with Crippen LogP contribution in [0, 0.1) is 6.92 Å². The summed E-state index contributed by atoms with van der Waals surface area (Å²) in [6.07, 6.45) is -2.53. The summed E-state index contributed by atoms with van der Waals surface area (Å²) >= 11 is 0. The van der Waals surface area contributed by atoms with Crippen molar-refractivity contribution >= 4 is 27.0 Å². The highest BCUT2D eigenvalue weighted by atomic mass is 32.2. The van der Waals surface area contributed by atoms with Crippen LogP contribution in [-0.2, 0) is 46.5 Å². The monoisotopic (exact) mass is 885 g/mol. The van der Waals surface area contributed by atoms with Crippen molar-refractivity contribution in [2.75, 3.05) is 53.7 Å². The van der Waals surface area contributed by atoms with E-state index in [1.165, 1.54) is 12.1 Å². The molecule has 0 bridgehead atoms. The number of aryl methyl sites for hydroxylation is 1. The van der Waals surface area contributed by atoms with Crippen molar-refractivity contribution in [2.45, 2.75) is 82.1 Å². The molecule has 0 radical (unpaired) electrons. The van der Waals surface area contributed by atoms with Gasteiger partial charge in [0.2, 0.25) is 0 Å². The predicted octanol–water partition coefficient (Wildman–Crippen LogP) is 8.22. The Kier molecular flexibility index (Phi) is 16.4. The van der Waals surface area contributed by atoms with Crippen molar-refractivity contribution in [1.29, 1.82) is 0 Å². The van der Waals surface area contributed by atoms with Gasteiger partial charge in [-0.05, 0) is 86.7 Å². The Morgan fingerprint density at radius 2 is 1.48 bits per heavy atom. The molecule has 1 aliphatic heterocycles. The number of carbonyl (C=O) groups is 1. The molecule has 338 valence electrons. The standard InChI is InChI=1S/C49H59NO12S/c1-34-16-22-41(23-17-34)63(53,54)61-33-39(51)32-60-46-29-50(48(52)62-49(2,3)4)28-45(59-30-35-26-37-12-7-9-14-42(37)44(27-35)56-6)47(46)36-18-20-40(21-19-36)58-25-11-24-57-31-38-13-8-10-15-43(38)55-5/h7-10,12-23,26-27,39,45-47,51H,11,24-25,28-33H2,1-6H3/t39-,45-,46+,47+/m0/s1. The summed E-state index contributed by atoms with van der Waals surface area (Å²) in [4.78, 5) is 15.2. The van der Waals surface area contributed by atoms with Crippen LogP contribution in [0.25, 0.3) is 10.8 Å². The molecule has 1 N–H and O–H groups in total. The van der Waals surface area contributed by atoms with Gasteiger partial charge in [-0.2, -0.15) is 8.42 Å². The largest absolute Gasteiger partial charge is 0.496 e. The quantitative estimate of drug-likeness (QED) is 0.0593. The molecule has 1 aliphatic rings. The van der Waals surface area contributed by atoms with E-state index < -0.39 is 52.6 Å². The number of hydrogen-bond donors (Lipinski definition) is 1. The fourth-order valence-electron chi connectivity index (χ4n) is 7.35. The molecule has 0 spiro atoms. The number of aliphatic hydroxyl groups excluding tert-OH is 1. The number of para-hydroxylation sites is 1. The maximum Gasteiger partial charge on any atom is 0.410 e. The summed E-state index contributed by atoms with van der Waals surface area (Å²) in [6.45, 7) is 8.26. The summed E-state index contributed by atoms with van der Waals surface area (Å²) in [5.41, 5.74) is 2.83. The smallest absolute Gasteiger partial charge is 0.410 e. The van der Waals surface area contributed by atoms with Gasteiger partial charge in [0.15, 0.2) is 0 Å². The average molecular weight is 886 g/mol. The van der Waals surface area contributed by atoms with Gasteiger partial charge in [-0.15, -0.1) is 0 Å².